The van der Waals surface area contributed by atoms with E-state index in [1.54, 1.807) is 6.07 Å². The standard InChI is InChI=1S/C30H46O2/c1-3-5-7-9-11-13-15-21-26(20-14-12-10-8-6-4-2)27-22-16-18-24-29(27)32-30-25-19-17-23-28(30)31/h16-19,22-26,31H,3-15,20-21H2,1-2H3. The molecule has 0 amide bonds. The molecule has 0 aliphatic rings. The monoisotopic (exact) mass is 438 g/mol. The highest BCUT2D eigenvalue weighted by Crippen LogP contribution is 2.38. The summed E-state index contributed by atoms with van der Waals surface area (Å²) in [6.07, 6.45) is 19.9. The predicted molar refractivity (Wildman–Crippen MR) is 138 cm³/mol. The molecule has 2 aromatic carbocycles. The fourth-order valence-corrected chi connectivity index (χ4v) is 4.55. The number of hydrogen-bond acceptors (Lipinski definition) is 2. The zero-order valence-corrected chi connectivity index (χ0v) is 20.7. The summed E-state index contributed by atoms with van der Waals surface area (Å²) < 4.78 is 6.20. The van der Waals surface area contributed by atoms with Crippen molar-refractivity contribution in [2.75, 3.05) is 0 Å². The lowest BCUT2D eigenvalue weighted by Crippen LogP contribution is -2.02. The van der Waals surface area contributed by atoms with Crippen molar-refractivity contribution >= 4 is 0 Å². The molecular formula is C30H46O2. The van der Waals surface area contributed by atoms with Gasteiger partial charge in [0.05, 0.1) is 0 Å². The van der Waals surface area contributed by atoms with Gasteiger partial charge in [0.15, 0.2) is 11.5 Å². The summed E-state index contributed by atoms with van der Waals surface area (Å²) in [5, 5.41) is 10.2. The van der Waals surface area contributed by atoms with Crippen LogP contribution in [-0.4, -0.2) is 5.11 Å². The Bertz CT molecular complexity index is 724. The Hall–Kier alpha value is -1.96. The van der Waals surface area contributed by atoms with Gasteiger partial charge in [-0.15, -0.1) is 0 Å². The summed E-state index contributed by atoms with van der Waals surface area (Å²) in [4.78, 5) is 0. The molecule has 0 spiro atoms. The number of aromatic hydroxyl groups is 1. The summed E-state index contributed by atoms with van der Waals surface area (Å²) in [5.74, 6) is 2.16. The normalized spacial score (nSPS) is 12.1. The Morgan fingerprint density at radius 2 is 1.06 bits per heavy atom. The predicted octanol–water partition coefficient (Wildman–Crippen LogP) is 10.2. The molecule has 0 heterocycles. The first-order valence-corrected chi connectivity index (χ1v) is 13.3. The number of hydrogen-bond donors (Lipinski definition) is 1. The molecule has 0 bridgehead atoms. The number of phenolic OH excluding ortho intramolecular Hbond substituents is 1. The molecule has 0 aliphatic carbocycles. The molecule has 1 unspecified atom stereocenters. The summed E-state index contributed by atoms with van der Waals surface area (Å²) in [6.45, 7) is 4.56. The average molecular weight is 439 g/mol. The number of unbranched alkanes of at least 4 members (excludes halogenated alkanes) is 11. The van der Waals surface area contributed by atoms with Gasteiger partial charge in [-0.3, -0.25) is 0 Å². The second-order valence-corrected chi connectivity index (χ2v) is 9.27. The third-order valence-corrected chi connectivity index (χ3v) is 6.51. The van der Waals surface area contributed by atoms with Gasteiger partial charge in [0.2, 0.25) is 0 Å². The highest BCUT2D eigenvalue weighted by Gasteiger charge is 2.17. The van der Waals surface area contributed by atoms with E-state index in [0.29, 0.717) is 11.7 Å². The third-order valence-electron chi connectivity index (χ3n) is 6.51. The highest BCUT2D eigenvalue weighted by atomic mass is 16.5. The molecule has 0 saturated heterocycles. The van der Waals surface area contributed by atoms with E-state index in [4.69, 9.17) is 4.74 Å². The van der Waals surface area contributed by atoms with Crippen molar-refractivity contribution in [3.05, 3.63) is 54.1 Å². The molecule has 0 saturated carbocycles. The van der Waals surface area contributed by atoms with E-state index in [1.807, 2.05) is 24.3 Å². The van der Waals surface area contributed by atoms with Crippen LogP contribution >= 0.6 is 0 Å². The topological polar surface area (TPSA) is 29.5 Å². The van der Waals surface area contributed by atoms with Crippen molar-refractivity contribution in [2.45, 2.75) is 116 Å². The van der Waals surface area contributed by atoms with Crippen molar-refractivity contribution in [3.8, 4) is 17.2 Å². The van der Waals surface area contributed by atoms with Crippen molar-refractivity contribution in [1.29, 1.82) is 0 Å². The van der Waals surface area contributed by atoms with Gasteiger partial charge in [-0.2, -0.15) is 0 Å². The maximum absolute atomic E-state index is 10.2. The largest absolute Gasteiger partial charge is 0.504 e. The van der Waals surface area contributed by atoms with Crippen LogP contribution in [0.4, 0.5) is 0 Å². The number of phenols is 1. The number of benzene rings is 2. The Labute approximate surface area is 197 Å². The van der Waals surface area contributed by atoms with Gasteiger partial charge in [-0.25, -0.2) is 0 Å². The van der Waals surface area contributed by atoms with Crippen LogP contribution in [0, 0.1) is 0 Å². The molecule has 178 valence electrons. The molecule has 0 aliphatic heterocycles. The van der Waals surface area contributed by atoms with Crippen LogP contribution in [0.25, 0.3) is 0 Å². The third kappa shape index (κ3) is 10.1. The van der Waals surface area contributed by atoms with Gasteiger partial charge in [0, 0.05) is 0 Å². The second-order valence-electron chi connectivity index (χ2n) is 9.27. The maximum Gasteiger partial charge on any atom is 0.169 e. The first-order valence-electron chi connectivity index (χ1n) is 13.3. The van der Waals surface area contributed by atoms with Gasteiger partial charge in [0.1, 0.15) is 5.75 Å². The van der Waals surface area contributed by atoms with E-state index >= 15 is 0 Å². The van der Waals surface area contributed by atoms with Crippen LogP contribution in [-0.2, 0) is 0 Å². The van der Waals surface area contributed by atoms with Crippen LogP contribution in [0.1, 0.15) is 122 Å². The summed E-state index contributed by atoms with van der Waals surface area (Å²) in [5.41, 5.74) is 1.30. The fourth-order valence-electron chi connectivity index (χ4n) is 4.55. The van der Waals surface area contributed by atoms with Crippen molar-refractivity contribution in [2.24, 2.45) is 0 Å². The molecule has 1 atom stereocenters. The van der Waals surface area contributed by atoms with Crippen molar-refractivity contribution in [3.63, 3.8) is 0 Å². The minimum Gasteiger partial charge on any atom is -0.504 e. The molecule has 2 aromatic rings. The van der Waals surface area contributed by atoms with Crippen LogP contribution < -0.4 is 4.74 Å². The van der Waals surface area contributed by atoms with Gasteiger partial charge in [0.25, 0.3) is 0 Å². The number of para-hydroxylation sites is 3. The minimum atomic E-state index is 0.196. The summed E-state index contributed by atoms with van der Waals surface area (Å²) >= 11 is 0. The van der Waals surface area contributed by atoms with E-state index in [9.17, 15) is 5.11 Å². The van der Waals surface area contributed by atoms with Gasteiger partial charge >= 0.3 is 0 Å². The Balaban J connectivity index is 1.99. The minimum absolute atomic E-state index is 0.196. The van der Waals surface area contributed by atoms with Crippen LogP contribution in [0.3, 0.4) is 0 Å². The lowest BCUT2D eigenvalue weighted by Gasteiger charge is -2.21. The van der Waals surface area contributed by atoms with Crippen LogP contribution in [0.15, 0.2) is 48.5 Å². The smallest absolute Gasteiger partial charge is 0.169 e. The number of rotatable bonds is 18. The van der Waals surface area contributed by atoms with Gasteiger partial charge in [-0.1, -0.05) is 128 Å². The van der Waals surface area contributed by atoms with E-state index in [1.165, 1.54) is 102 Å². The SMILES string of the molecule is CCCCCCCCCC(CCCCCCCC)c1ccccc1Oc1ccccc1O. The van der Waals surface area contributed by atoms with E-state index in [2.05, 4.69) is 32.0 Å². The van der Waals surface area contributed by atoms with E-state index in [0.717, 1.165) is 5.75 Å². The molecule has 0 aromatic heterocycles. The van der Waals surface area contributed by atoms with E-state index in [-0.39, 0.29) is 5.75 Å². The molecule has 2 nitrogen and oxygen atoms in total. The molecular weight excluding hydrogens is 392 g/mol. The molecule has 2 heteroatoms. The molecule has 2 rings (SSSR count). The average Bonchev–Trinajstić information content (AvgIpc) is 2.81. The first kappa shape index (κ1) is 26.3. The highest BCUT2D eigenvalue weighted by molar-refractivity contribution is 5.45. The molecule has 1 N–H and O–H groups in total. The Kier molecular flexibility index (Phi) is 13.7. The molecule has 32 heavy (non-hydrogen) atoms. The van der Waals surface area contributed by atoms with Crippen molar-refractivity contribution in [1.82, 2.24) is 0 Å². The summed E-state index contributed by atoms with van der Waals surface area (Å²) in [6, 6.07) is 15.7. The van der Waals surface area contributed by atoms with Crippen LogP contribution in [0.5, 0.6) is 17.2 Å². The summed E-state index contributed by atoms with van der Waals surface area (Å²) in [7, 11) is 0. The molecule has 0 radical (unpaired) electrons. The van der Waals surface area contributed by atoms with Gasteiger partial charge < -0.3 is 9.84 Å². The van der Waals surface area contributed by atoms with Crippen molar-refractivity contribution < 1.29 is 9.84 Å². The molecule has 0 fully saturated rings. The quantitative estimate of drug-likeness (QED) is 0.234. The number of ether oxygens (including phenoxy) is 1. The van der Waals surface area contributed by atoms with E-state index < -0.39 is 0 Å². The van der Waals surface area contributed by atoms with Gasteiger partial charge in [-0.05, 0) is 42.5 Å². The maximum atomic E-state index is 10.2. The lowest BCUT2D eigenvalue weighted by atomic mass is 9.87. The Morgan fingerprint density at radius 3 is 1.62 bits per heavy atom. The second kappa shape index (κ2) is 16.6. The van der Waals surface area contributed by atoms with Crippen LogP contribution in [0.2, 0.25) is 0 Å². The Morgan fingerprint density at radius 1 is 0.594 bits per heavy atom. The zero-order valence-electron chi connectivity index (χ0n) is 20.7. The lowest BCUT2D eigenvalue weighted by molar-refractivity contribution is 0.402. The fraction of sp³-hybridized carbons (Fsp3) is 0.600. The first-order chi connectivity index (χ1) is 15.8. The zero-order chi connectivity index (χ0) is 22.9.